The number of fused-ring (bicyclic) bond motifs is 5. The molecule has 12 heavy (non-hydrogen) atoms. The van der Waals surface area contributed by atoms with E-state index >= 15 is 0 Å². The Kier molecular flexibility index (Phi) is 1.40. The molecule has 2 saturated carbocycles. The standard InChI is InChI=1S/C11H16O/c1-12-11-6-7-5-10(11)9-4-2-3-8(7)9/h2,4,7-11H,3,5-6H2,1H3/t7-,8-,9-,10-,11+/m0/s1. The summed E-state index contributed by atoms with van der Waals surface area (Å²) in [4.78, 5) is 0. The van der Waals surface area contributed by atoms with Crippen LogP contribution in [0, 0.1) is 23.7 Å². The minimum atomic E-state index is 0.582. The number of methoxy groups -OCH3 is 1. The molecule has 0 heterocycles. The van der Waals surface area contributed by atoms with Crippen LogP contribution in [0.25, 0.3) is 0 Å². The van der Waals surface area contributed by atoms with Crippen LogP contribution in [0.3, 0.4) is 0 Å². The van der Waals surface area contributed by atoms with Crippen LogP contribution in [0.15, 0.2) is 12.2 Å². The first-order valence-electron chi connectivity index (χ1n) is 5.09. The minimum absolute atomic E-state index is 0.582. The summed E-state index contributed by atoms with van der Waals surface area (Å²) < 4.78 is 5.52. The summed E-state index contributed by atoms with van der Waals surface area (Å²) in [5.41, 5.74) is 0. The number of ether oxygens (including phenoxy) is 1. The van der Waals surface area contributed by atoms with E-state index < -0.39 is 0 Å². The zero-order valence-corrected chi connectivity index (χ0v) is 7.57. The third-order valence-electron chi connectivity index (χ3n) is 4.25. The van der Waals surface area contributed by atoms with E-state index in [1.54, 1.807) is 0 Å². The highest BCUT2D eigenvalue weighted by Crippen LogP contribution is 2.56. The van der Waals surface area contributed by atoms with E-state index in [1.807, 2.05) is 7.11 Å². The highest BCUT2D eigenvalue weighted by molar-refractivity contribution is 5.14. The van der Waals surface area contributed by atoms with Gasteiger partial charge in [-0.1, -0.05) is 12.2 Å². The molecule has 2 fully saturated rings. The zero-order valence-electron chi connectivity index (χ0n) is 7.57. The minimum Gasteiger partial charge on any atom is -0.381 e. The molecule has 0 unspecified atom stereocenters. The van der Waals surface area contributed by atoms with Crippen molar-refractivity contribution in [2.24, 2.45) is 23.7 Å². The lowest BCUT2D eigenvalue weighted by molar-refractivity contribution is 0.0300. The van der Waals surface area contributed by atoms with Gasteiger partial charge in [0.2, 0.25) is 0 Å². The van der Waals surface area contributed by atoms with Crippen LogP contribution >= 0.6 is 0 Å². The average Bonchev–Trinajstić information content (AvgIpc) is 2.75. The molecule has 0 amide bonds. The molecule has 0 spiro atoms. The fourth-order valence-electron chi connectivity index (χ4n) is 3.76. The maximum absolute atomic E-state index is 5.52. The van der Waals surface area contributed by atoms with Crippen LogP contribution in [0.2, 0.25) is 0 Å². The second-order valence-corrected chi connectivity index (χ2v) is 4.57. The Balaban J connectivity index is 1.87. The van der Waals surface area contributed by atoms with Crippen LogP contribution in [-0.2, 0) is 4.74 Å². The maximum atomic E-state index is 5.52. The summed E-state index contributed by atoms with van der Waals surface area (Å²) in [5.74, 6) is 3.73. The molecule has 0 N–H and O–H groups in total. The van der Waals surface area contributed by atoms with Crippen molar-refractivity contribution in [3.63, 3.8) is 0 Å². The fourth-order valence-corrected chi connectivity index (χ4v) is 3.76. The molecule has 2 bridgehead atoms. The van der Waals surface area contributed by atoms with Crippen LogP contribution in [-0.4, -0.2) is 13.2 Å². The van der Waals surface area contributed by atoms with Crippen molar-refractivity contribution in [2.75, 3.05) is 7.11 Å². The van der Waals surface area contributed by atoms with Gasteiger partial charge in [-0.15, -0.1) is 0 Å². The molecular weight excluding hydrogens is 148 g/mol. The van der Waals surface area contributed by atoms with E-state index in [9.17, 15) is 0 Å². The molecule has 0 radical (unpaired) electrons. The molecule has 3 aliphatic carbocycles. The summed E-state index contributed by atoms with van der Waals surface area (Å²) in [5, 5.41) is 0. The van der Waals surface area contributed by atoms with Crippen molar-refractivity contribution in [1.29, 1.82) is 0 Å². The number of allylic oxidation sites excluding steroid dienone is 2. The summed E-state index contributed by atoms with van der Waals surface area (Å²) in [6, 6.07) is 0. The van der Waals surface area contributed by atoms with Crippen LogP contribution in [0.4, 0.5) is 0 Å². The summed E-state index contributed by atoms with van der Waals surface area (Å²) in [6.45, 7) is 0. The topological polar surface area (TPSA) is 9.23 Å². The average molecular weight is 164 g/mol. The summed E-state index contributed by atoms with van der Waals surface area (Å²) in [7, 11) is 1.87. The Labute approximate surface area is 73.8 Å². The second kappa shape index (κ2) is 2.35. The predicted octanol–water partition coefficient (Wildman–Crippen LogP) is 2.23. The largest absolute Gasteiger partial charge is 0.381 e. The van der Waals surface area contributed by atoms with Gasteiger partial charge in [-0.05, 0) is 42.9 Å². The van der Waals surface area contributed by atoms with Crippen molar-refractivity contribution in [1.82, 2.24) is 0 Å². The zero-order chi connectivity index (χ0) is 8.13. The molecule has 66 valence electrons. The van der Waals surface area contributed by atoms with Gasteiger partial charge >= 0.3 is 0 Å². The Bertz CT molecular complexity index is 221. The molecule has 3 rings (SSSR count). The highest BCUT2D eigenvalue weighted by Gasteiger charge is 2.52. The Hall–Kier alpha value is -0.300. The predicted molar refractivity (Wildman–Crippen MR) is 47.7 cm³/mol. The molecular formula is C11H16O. The van der Waals surface area contributed by atoms with Gasteiger partial charge < -0.3 is 4.74 Å². The van der Waals surface area contributed by atoms with Crippen molar-refractivity contribution >= 4 is 0 Å². The Morgan fingerprint density at radius 2 is 2.17 bits per heavy atom. The van der Waals surface area contributed by atoms with Crippen molar-refractivity contribution in [2.45, 2.75) is 25.4 Å². The number of hydrogen-bond donors (Lipinski definition) is 0. The first-order chi connectivity index (χ1) is 5.90. The normalized spacial score (nSPS) is 54.9. The molecule has 0 saturated heterocycles. The van der Waals surface area contributed by atoms with Crippen LogP contribution in [0.5, 0.6) is 0 Å². The lowest BCUT2D eigenvalue weighted by atomic mass is 9.80. The molecule has 0 aliphatic heterocycles. The van der Waals surface area contributed by atoms with E-state index in [2.05, 4.69) is 12.2 Å². The lowest BCUT2D eigenvalue weighted by Gasteiger charge is -2.30. The smallest absolute Gasteiger partial charge is 0.0608 e. The first kappa shape index (κ1) is 7.14. The van der Waals surface area contributed by atoms with Gasteiger partial charge in [0, 0.05) is 7.11 Å². The number of rotatable bonds is 1. The SMILES string of the molecule is CO[C@@H]1C[C@@H]2C[C@H]1[C@H]1C=CC[C@@H]21. The van der Waals surface area contributed by atoms with Crippen LogP contribution < -0.4 is 0 Å². The molecule has 1 heteroatoms. The van der Waals surface area contributed by atoms with Crippen molar-refractivity contribution < 1.29 is 4.74 Å². The van der Waals surface area contributed by atoms with Gasteiger partial charge in [-0.2, -0.15) is 0 Å². The van der Waals surface area contributed by atoms with Crippen LogP contribution in [0.1, 0.15) is 19.3 Å². The summed E-state index contributed by atoms with van der Waals surface area (Å²) in [6.07, 6.45) is 9.54. The second-order valence-electron chi connectivity index (χ2n) is 4.57. The summed E-state index contributed by atoms with van der Waals surface area (Å²) >= 11 is 0. The maximum Gasteiger partial charge on any atom is 0.0608 e. The van der Waals surface area contributed by atoms with Gasteiger partial charge in [0.15, 0.2) is 0 Å². The van der Waals surface area contributed by atoms with E-state index in [1.165, 1.54) is 19.3 Å². The Morgan fingerprint density at radius 3 is 3.00 bits per heavy atom. The molecule has 0 aromatic heterocycles. The first-order valence-corrected chi connectivity index (χ1v) is 5.09. The van der Waals surface area contributed by atoms with Gasteiger partial charge in [-0.3, -0.25) is 0 Å². The van der Waals surface area contributed by atoms with Crippen molar-refractivity contribution in [3.8, 4) is 0 Å². The van der Waals surface area contributed by atoms with E-state index in [4.69, 9.17) is 4.74 Å². The van der Waals surface area contributed by atoms with Gasteiger partial charge in [0.25, 0.3) is 0 Å². The highest BCUT2D eigenvalue weighted by atomic mass is 16.5. The van der Waals surface area contributed by atoms with Gasteiger partial charge in [0.1, 0.15) is 0 Å². The van der Waals surface area contributed by atoms with Gasteiger partial charge in [-0.25, -0.2) is 0 Å². The van der Waals surface area contributed by atoms with Gasteiger partial charge in [0.05, 0.1) is 6.10 Å². The molecule has 3 aliphatic rings. The third-order valence-corrected chi connectivity index (χ3v) is 4.25. The third kappa shape index (κ3) is 0.731. The molecule has 0 aromatic carbocycles. The van der Waals surface area contributed by atoms with E-state index in [-0.39, 0.29) is 0 Å². The Morgan fingerprint density at radius 1 is 1.25 bits per heavy atom. The monoisotopic (exact) mass is 164 g/mol. The molecule has 1 nitrogen and oxygen atoms in total. The van der Waals surface area contributed by atoms with Crippen molar-refractivity contribution in [3.05, 3.63) is 12.2 Å². The molecule has 5 atom stereocenters. The lowest BCUT2D eigenvalue weighted by Crippen LogP contribution is -2.29. The fraction of sp³-hybridized carbons (Fsp3) is 0.818. The van der Waals surface area contributed by atoms with E-state index in [0.717, 1.165) is 23.7 Å². The molecule has 0 aromatic rings. The quantitative estimate of drug-likeness (QED) is 0.540. The van der Waals surface area contributed by atoms with E-state index in [0.29, 0.717) is 6.10 Å². The number of hydrogen-bond acceptors (Lipinski definition) is 1.